The molecule has 108 valence electrons. The summed E-state index contributed by atoms with van der Waals surface area (Å²) >= 11 is 0. The smallest absolute Gasteiger partial charge is 0.222 e. The van der Waals surface area contributed by atoms with Gasteiger partial charge in [0.05, 0.1) is 0 Å². The van der Waals surface area contributed by atoms with Crippen molar-refractivity contribution in [3.05, 3.63) is 0 Å². The summed E-state index contributed by atoms with van der Waals surface area (Å²) in [6.45, 7) is 5.12. The van der Waals surface area contributed by atoms with Gasteiger partial charge in [-0.05, 0) is 13.3 Å². The highest BCUT2D eigenvalue weighted by atomic mass is 16.2. The first-order valence-electron chi connectivity index (χ1n) is 7.96. The van der Waals surface area contributed by atoms with E-state index in [1.54, 1.807) is 0 Å². The quantitative estimate of drug-likeness (QED) is 0.460. The number of unbranched alkanes of at least 4 members (excludes halogenated alkanes) is 9. The Bertz CT molecular complexity index is 192. The molecule has 0 unspecified atom stereocenters. The molecule has 2 heteroatoms. The maximum atomic E-state index is 11.5. The van der Waals surface area contributed by atoms with Crippen LogP contribution in [0.5, 0.6) is 0 Å². The van der Waals surface area contributed by atoms with E-state index in [9.17, 15) is 4.79 Å². The van der Waals surface area contributed by atoms with E-state index in [0.717, 1.165) is 19.4 Å². The SMILES string of the molecule is CCCCCCCCCCCCC(=O)N(C)CC. The van der Waals surface area contributed by atoms with Crippen LogP contribution >= 0.6 is 0 Å². The van der Waals surface area contributed by atoms with E-state index in [0.29, 0.717) is 5.91 Å². The molecular weight excluding hydrogens is 222 g/mol. The highest BCUT2D eigenvalue weighted by Crippen LogP contribution is 2.11. The number of nitrogens with zero attached hydrogens (tertiary/aromatic N) is 1. The van der Waals surface area contributed by atoms with Gasteiger partial charge >= 0.3 is 0 Å². The van der Waals surface area contributed by atoms with Crippen LogP contribution < -0.4 is 0 Å². The Morgan fingerprint density at radius 1 is 0.778 bits per heavy atom. The third-order valence-corrected chi connectivity index (χ3v) is 3.64. The van der Waals surface area contributed by atoms with E-state index in [1.807, 2.05) is 18.9 Å². The summed E-state index contributed by atoms with van der Waals surface area (Å²) in [5.74, 6) is 0.303. The second kappa shape index (κ2) is 12.9. The fourth-order valence-electron chi connectivity index (χ4n) is 2.13. The molecule has 0 aromatic rings. The largest absolute Gasteiger partial charge is 0.346 e. The second-order valence-corrected chi connectivity index (χ2v) is 5.34. The van der Waals surface area contributed by atoms with E-state index in [2.05, 4.69) is 6.92 Å². The van der Waals surface area contributed by atoms with Crippen LogP contribution in [0.4, 0.5) is 0 Å². The number of rotatable bonds is 12. The highest BCUT2D eigenvalue weighted by Gasteiger charge is 2.04. The van der Waals surface area contributed by atoms with Crippen molar-refractivity contribution in [2.45, 2.75) is 84.5 Å². The molecule has 0 rings (SSSR count). The number of carbonyl (C=O) groups is 1. The van der Waals surface area contributed by atoms with Crippen molar-refractivity contribution < 1.29 is 4.79 Å². The Labute approximate surface area is 114 Å². The lowest BCUT2D eigenvalue weighted by Gasteiger charge is -2.13. The minimum absolute atomic E-state index is 0.303. The number of carbonyl (C=O) groups excluding carboxylic acids is 1. The minimum Gasteiger partial charge on any atom is -0.346 e. The van der Waals surface area contributed by atoms with Crippen molar-refractivity contribution in [3.63, 3.8) is 0 Å². The summed E-state index contributed by atoms with van der Waals surface area (Å²) in [5.41, 5.74) is 0. The first-order valence-corrected chi connectivity index (χ1v) is 7.96. The predicted octanol–water partition coefficient (Wildman–Crippen LogP) is 4.78. The monoisotopic (exact) mass is 255 g/mol. The summed E-state index contributed by atoms with van der Waals surface area (Å²) < 4.78 is 0. The first-order chi connectivity index (χ1) is 8.72. The number of hydrogen-bond donors (Lipinski definition) is 0. The standard InChI is InChI=1S/C16H33NO/c1-4-6-7-8-9-10-11-12-13-14-15-16(18)17(3)5-2/h4-15H2,1-3H3. The van der Waals surface area contributed by atoms with Crippen molar-refractivity contribution in [3.8, 4) is 0 Å². The second-order valence-electron chi connectivity index (χ2n) is 5.34. The van der Waals surface area contributed by atoms with Crippen molar-refractivity contribution in [1.82, 2.24) is 4.90 Å². The van der Waals surface area contributed by atoms with Gasteiger partial charge in [-0.1, -0.05) is 64.7 Å². The fraction of sp³-hybridized carbons (Fsp3) is 0.938. The molecular formula is C16H33NO. The molecule has 0 bridgehead atoms. The summed E-state index contributed by atoms with van der Waals surface area (Å²) in [5, 5.41) is 0. The maximum Gasteiger partial charge on any atom is 0.222 e. The van der Waals surface area contributed by atoms with Crippen molar-refractivity contribution in [2.75, 3.05) is 13.6 Å². The summed E-state index contributed by atoms with van der Waals surface area (Å²) in [6.07, 6.45) is 14.0. The zero-order valence-electron chi connectivity index (χ0n) is 12.8. The van der Waals surface area contributed by atoms with E-state index in [4.69, 9.17) is 0 Å². The molecule has 0 spiro atoms. The van der Waals surface area contributed by atoms with Gasteiger partial charge in [-0.2, -0.15) is 0 Å². The molecule has 0 heterocycles. The molecule has 0 aliphatic heterocycles. The Balaban J connectivity index is 3.14. The lowest BCUT2D eigenvalue weighted by atomic mass is 10.1. The van der Waals surface area contributed by atoms with Crippen LogP contribution in [0, 0.1) is 0 Å². The summed E-state index contributed by atoms with van der Waals surface area (Å²) in [4.78, 5) is 13.3. The molecule has 0 aliphatic rings. The Morgan fingerprint density at radius 2 is 1.22 bits per heavy atom. The maximum absolute atomic E-state index is 11.5. The normalized spacial score (nSPS) is 10.6. The molecule has 18 heavy (non-hydrogen) atoms. The summed E-state index contributed by atoms with van der Waals surface area (Å²) in [6, 6.07) is 0. The van der Waals surface area contributed by atoms with Gasteiger partial charge in [0, 0.05) is 20.0 Å². The molecule has 0 aromatic carbocycles. The molecule has 0 atom stereocenters. The molecule has 0 radical (unpaired) electrons. The highest BCUT2D eigenvalue weighted by molar-refractivity contribution is 5.75. The van der Waals surface area contributed by atoms with Gasteiger partial charge in [0.1, 0.15) is 0 Å². The van der Waals surface area contributed by atoms with Crippen molar-refractivity contribution >= 4 is 5.91 Å². The van der Waals surface area contributed by atoms with Crippen LogP contribution in [0.25, 0.3) is 0 Å². The molecule has 0 fully saturated rings. The Morgan fingerprint density at radius 3 is 1.67 bits per heavy atom. The predicted molar refractivity (Wildman–Crippen MR) is 79.8 cm³/mol. The zero-order chi connectivity index (χ0) is 13.6. The Hall–Kier alpha value is -0.530. The van der Waals surface area contributed by atoms with Gasteiger partial charge in [0.25, 0.3) is 0 Å². The molecule has 2 nitrogen and oxygen atoms in total. The van der Waals surface area contributed by atoms with Gasteiger partial charge in [-0.15, -0.1) is 0 Å². The van der Waals surface area contributed by atoms with Gasteiger partial charge in [0.2, 0.25) is 5.91 Å². The van der Waals surface area contributed by atoms with E-state index in [-0.39, 0.29) is 0 Å². The van der Waals surface area contributed by atoms with Gasteiger partial charge in [-0.3, -0.25) is 4.79 Å². The van der Waals surface area contributed by atoms with E-state index in [1.165, 1.54) is 57.8 Å². The third-order valence-electron chi connectivity index (χ3n) is 3.64. The average Bonchev–Trinajstić information content (AvgIpc) is 2.39. The van der Waals surface area contributed by atoms with E-state index < -0.39 is 0 Å². The number of hydrogen-bond acceptors (Lipinski definition) is 1. The third kappa shape index (κ3) is 10.6. The fourth-order valence-corrected chi connectivity index (χ4v) is 2.13. The molecule has 0 aliphatic carbocycles. The van der Waals surface area contributed by atoms with Crippen LogP contribution in [0.15, 0.2) is 0 Å². The van der Waals surface area contributed by atoms with Crippen LogP contribution in [0.1, 0.15) is 84.5 Å². The minimum atomic E-state index is 0.303. The van der Waals surface area contributed by atoms with Crippen LogP contribution in [0.3, 0.4) is 0 Å². The lowest BCUT2D eigenvalue weighted by Crippen LogP contribution is -2.25. The lowest BCUT2D eigenvalue weighted by molar-refractivity contribution is -0.129. The molecule has 0 saturated heterocycles. The van der Waals surface area contributed by atoms with Crippen LogP contribution in [0.2, 0.25) is 0 Å². The Kier molecular flexibility index (Phi) is 12.5. The first kappa shape index (κ1) is 17.5. The molecule has 0 aromatic heterocycles. The van der Waals surface area contributed by atoms with Crippen molar-refractivity contribution in [2.24, 2.45) is 0 Å². The zero-order valence-corrected chi connectivity index (χ0v) is 12.8. The average molecular weight is 255 g/mol. The molecule has 1 amide bonds. The van der Waals surface area contributed by atoms with Gasteiger partial charge in [0.15, 0.2) is 0 Å². The topological polar surface area (TPSA) is 20.3 Å². The van der Waals surface area contributed by atoms with Gasteiger partial charge in [-0.25, -0.2) is 0 Å². The molecule has 0 N–H and O–H groups in total. The van der Waals surface area contributed by atoms with Crippen molar-refractivity contribution in [1.29, 1.82) is 0 Å². The number of amides is 1. The van der Waals surface area contributed by atoms with Crippen LogP contribution in [-0.4, -0.2) is 24.4 Å². The summed E-state index contributed by atoms with van der Waals surface area (Å²) in [7, 11) is 1.89. The van der Waals surface area contributed by atoms with Gasteiger partial charge < -0.3 is 4.90 Å². The van der Waals surface area contributed by atoms with E-state index >= 15 is 0 Å². The van der Waals surface area contributed by atoms with Crippen LogP contribution in [-0.2, 0) is 4.79 Å². The molecule has 0 saturated carbocycles.